The molecular weight excluding hydrogens is 328 g/mol. The van der Waals surface area contributed by atoms with E-state index in [0.29, 0.717) is 17.4 Å². The Kier molecular flexibility index (Phi) is 5.75. The number of rotatable bonds is 4. The van der Waals surface area contributed by atoms with Gasteiger partial charge >= 0.3 is 0 Å². The molecule has 2 aliphatic heterocycles. The lowest BCUT2D eigenvalue weighted by molar-refractivity contribution is -0.275. The Morgan fingerprint density at radius 1 is 1.41 bits per heavy atom. The van der Waals surface area contributed by atoms with Crippen LogP contribution in [0.3, 0.4) is 0 Å². The van der Waals surface area contributed by atoms with Gasteiger partial charge < -0.3 is 28.8 Å². The Balaban J connectivity index is 2.04. The highest BCUT2D eigenvalue weighted by molar-refractivity contribution is 8.22. The molecule has 0 radical (unpaired) electrons. The molecule has 0 saturated carbocycles. The second-order valence-electron chi connectivity index (χ2n) is 6.31. The van der Waals surface area contributed by atoms with Gasteiger partial charge in [0.1, 0.15) is 18.3 Å². The fourth-order valence-electron chi connectivity index (χ4n) is 2.53. The minimum atomic E-state index is -1.28. The monoisotopic (exact) mass is 352 g/mol. The van der Waals surface area contributed by atoms with Crippen molar-refractivity contribution in [3.8, 4) is 0 Å². The van der Waals surface area contributed by atoms with E-state index in [4.69, 9.17) is 35.9 Å². The second kappa shape index (κ2) is 6.88. The quantitative estimate of drug-likeness (QED) is 0.609. The molecule has 0 spiro atoms. The van der Waals surface area contributed by atoms with E-state index in [2.05, 4.69) is 0 Å². The highest BCUT2D eigenvalue weighted by Crippen LogP contribution is 2.35. The predicted octanol–water partition coefficient (Wildman–Crippen LogP) is 2.03. The number of hydrogen-bond donors (Lipinski definition) is 1. The van der Waals surface area contributed by atoms with Crippen LogP contribution in [0.5, 0.6) is 0 Å². The molecule has 0 aromatic heterocycles. The van der Waals surface area contributed by atoms with Crippen molar-refractivity contribution in [1.82, 2.24) is 0 Å². The van der Waals surface area contributed by atoms with Crippen molar-refractivity contribution in [3.63, 3.8) is 0 Å². The third kappa shape index (κ3) is 5.02. The summed E-state index contributed by atoms with van der Waals surface area (Å²) in [7, 11) is 0. The van der Waals surface area contributed by atoms with Gasteiger partial charge in [-0.05, 0) is 46.2 Å². The Bertz CT molecular complexity index is 409. The molecule has 1 N–H and O–H groups in total. The van der Waals surface area contributed by atoms with Gasteiger partial charge in [-0.2, -0.15) is 0 Å². The molecule has 22 heavy (non-hydrogen) atoms. The molecule has 2 fully saturated rings. The topological polar surface area (TPSA) is 66.4 Å². The molecule has 6 nitrogen and oxygen atoms in total. The van der Waals surface area contributed by atoms with E-state index in [9.17, 15) is 5.11 Å². The van der Waals surface area contributed by atoms with Crippen LogP contribution in [0.25, 0.3) is 0 Å². The van der Waals surface area contributed by atoms with Crippen LogP contribution in [0.15, 0.2) is 0 Å². The number of hydrogen-bond acceptors (Lipinski definition) is 8. The molecule has 0 aliphatic carbocycles. The van der Waals surface area contributed by atoms with Gasteiger partial charge in [0.2, 0.25) is 4.38 Å². The molecule has 0 amide bonds. The Labute approximate surface area is 140 Å². The fraction of sp³-hybridized carbons (Fsp3) is 0.929. The van der Waals surface area contributed by atoms with Gasteiger partial charge in [0.25, 0.3) is 0 Å². The lowest BCUT2D eigenvalue weighted by atomic mass is 10.1. The average molecular weight is 352 g/mol. The van der Waals surface area contributed by atoms with E-state index >= 15 is 0 Å². The first-order valence-corrected chi connectivity index (χ1v) is 8.85. The smallest absolute Gasteiger partial charge is 0.220 e. The molecule has 4 atom stereocenters. The van der Waals surface area contributed by atoms with E-state index in [1.165, 1.54) is 11.8 Å². The van der Waals surface area contributed by atoms with Crippen molar-refractivity contribution in [3.05, 3.63) is 0 Å². The molecule has 0 bridgehead atoms. The summed E-state index contributed by atoms with van der Waals surface area (Å²) in [6.07, 6.45) is 0.826. The third-order valence-electron chi connectivity index (χ3n) is 3.33. The highest BCUT2D eigenvalue weighted by Gasteiger charge is 2.48. The highest BCUT2D eigenvalue weighted by atomic mass is 32.2. The minimum Gasteiger partial charge on any atom is -0.472 e. The summed E-state index contributed by atoms with van der Waals surface area (Å²) < 4.78 is 29.1. The van der Waals surface area contributed by atoms with E-state index in [0.717, 1.165) is 0 Å². The maximum Gasteiger partial charge on any atom is 0.220 e. The molecule has 2 rings (SSSR count). The number of aliphatic hydroxyl groups is 1. The number of thioether (sulfide) groups is 1. The van der Waals surface area contributed by atoms with Crippen LogP contribution in [0.1, 0.15) is 34.1 Å². The summed E-state index contributed by atoms with van der Waals surface area (Å²) in [5.74, 6) is -1.93. The van der Waals surface area contributed by atoms with Gasteiger partial charge in [0.05, 0.1) is 6.61 Å². The second-order valence-corrected chi connectivity index (χ2v) is 7.72. The molecule has 2 heterocycles. The van der Waals surface area contributed by atoms with Crippen molar-refractivity contribution in [2.45, 2.75) is 70.3 Å². The minimum absolute atomic E-state index is 0.264. The van der Waals surface area contributed by atoms with Crippen LogP contribution in [-0.2, 0) is 23.7 Å². The zero-order chi connectivity index (χ0) is 16.5. The Hall–Kier alpha value is 0.0400. The molecule has 2 aliphatic rings. The van der Waals surface area contributed by atoms with Gasteiger partial charge in [-0.1, -0.05) is 11.8 Å². The van der Waals surface area contributed by atoms with Gasteiger partial charge in [-0.3, -0.25) is 0 Å². The lowest BCUT2D eigenvalue weighted by Gasteiger charge is -2.26. The summed E-state index contributed by atoms with van der Waals surface area (Å²) in [5.41, 5.74) is 0. The van der Waals surface area contributed by atoms with E-state index < -0.39 is 17.9 Å². The van der Waals surface area contributed by atoms with Crippen LogP contribution >= 0.6 is 24.0 Å². The maximum atomic E-state index is 9.80. The summed E-state index contributed by atoms with van der Waals surface area (Å²) in [5, 5.41) is 9.80. The standard InChI is InChI=1S/C14H24O6S2/c1-13(2,15)20-10-6-8(17-12(21)22-5)11(18-10)9-7-16-14(3,4)19-9/h8-11,15H,6-7H2,1-5H3/t8-,9-,10-,11+/m1/s1. The van der Waals surface area contributed by atoms with Gasteiger partial charge in [0, 0.05) is 6.42 Å². The van der Waals surface area contributed by atoms with Crippen LogP contribution in [-0.4, -0.2) is 58.5 Å². The first-order valence-electron chi connectivity index (χ1n) is 7.22. The Morgan fingerprint density at radius 2 is 2.09 bits per heavy atom. The van der Waals surface area contributed by atoms with Crippen molar-refractivity contribution >= 4 is 28.4 Å². The van der Waals surface area contributed by atoms with Gasteiger partial charge in [-0.15, -0.1) is 0 Å². The first kappa shape index (κ1) is 18.4. The molecule has 0 unspecified atom stereocenters. The normalized spacial score (nSPS) is 34.8. The summed E-state index contributed by atoms with van der Waals surface area (Å²) >= 11 is 6.50. The lowest BCUT2D eigenvalue weighted by Crippen LogP contribution is -2.39. The molecule has 8 heteroatoms. The van der Waals surface area contributed by atoms with Crippen molar-refractivity contribution in [2.24, 2.45) is 0 Å². The van der Waals surface area contributed by atoms with Crippen molar-refractivity contribution in [1.29, 1.82) is 0 Å². The van der Waals surface area contributed by atoms with E-state index in [-0.39, 0.29) is 18.3 Å². The largest absolute Gasteiger partial charge is 0.472 e. The average Bonchev–Trinajstić information content (AvgIpc) is 2.90. The molecule has 0 aromatic rings. The molecule has 0 aromatic carbocycles. The first-order chi connectivity index (χ1) is 10.1. The van der Waals surface area contributed by atoms with E-state index in [1.807, 2.05) is 20.1 Å². The summed E-state index contributed by atoms with van der Waals surface area (Å²) in [6, 6.07) is 0. The SMILES string of the molecule is CSC(=S)O[C@@H]1C[C@@H](OC(C)(C)O)O[C@@H]1[C@H]1COC(C)(C)O1. The molecule has 128 valence electrons. The Morgan fingerprint density at radius 3 is 2.59 bits per heavy atom. The predicted molar refractivity (Wildman–Crippen MR) is 86.6 cm³/mol. The number of ether oxygens (including phenoxy) is 5. The van der Waals surface area contributed by atoms with Crippen LogP contribution < -0.4 is 0 Å². The fourth-order valence-corrected chi connectivity index (χ4v) is 2.87. The van der Waals surface area contributed by atoms with Gasteiger partial charge in [0.15, 0.2) is 17.9 Å². The van der Waals surface area contributed by atoms with E-state index in [1.54, 1.807) is 13.8 Å². The summed E-state index contributed by atoms with van der Waals surface area (Å²) in [4.78, 5) is 0. The maximum absolute atomic E-state index is 9.80. The van der Waals surface area contributed by atoms with Crippen molar-refractivity contribution < 1.29 is 28.8 Å². The van der Waals surface area contributed by atoms with Crippen LogP contribution in [0.2, 0.25) is 0 Å². The van der Waals surface area contributed by atoms with Gasteiger partial charge in [-0.25, -0.2) is 0 Å². The van der Waals surface area contributed by atoms with Crippen LogP contribution in [0, 0.1) is 0 Å². The summed E-state index contributed by atoms with van der Waals surface area (Å²) in [6.45, 7) is 7.25. The molecular formula is C14H24O6S2. The third-order valence-corrected chi connectivity index (χ3v) is 4.36. The van der Waals surface area contributed by atoms with Crippen molar-refractivity contribution in [2.75, 3.05) is 12.9 Å². The zero-order valence-electron chi connectivity index (χ0n) is 13.5. The molecule has 2 saturated heterocycles. The zero-order valence-corrected chi connectivity index (χ0v) is 15.2. The number of thiocarbonyl (C=S) groups is 1. The van der Waals surface area contributed by atoms with Crippen LogP contribution in [0.4, 0.5) is 0 Å².